The third-order valence-electron chi connectivity index (χ3n) is 1.62. The highest BCUT2D eigenvalue weighted by Crippen LogP contribution is 2.20. The number of hydrogen-bond acceptors (Lipinski definition) is 5. The molecule has 0 saturated carbocycles. The number of hydrogen-bond donors (Lipinski definition) is 2. The molecule has 0 fully saturated rings. The van der Waals surface area contributed by atoms with Crippen molar-refractivity contribution in [1.29, 1.82) is 0 Å². The van der Waals surface area contributed by atoms with Gasteiger partial charge in [-0.2, -0.15) is 25.3 Å². The Kier molecular flexibility index (Phi) is 8.46. The minimum atomic E-state index is -2.61. The van der Waals surface area contributed by atoms with Gasteiger partial charge >= 0.3 is 8.80 Å². The van der Waals surface area contributed by atoms with Crippen LogP contribution < -0.4 is 0 Å². The van der Waals surface area contributed by atoms with E-state index in [1.54, 1.807) is 0 Å². The van der Waals surface area contributed by atoms with Crippen molar-refractivity contribution in [3.63, 3.8) is 0 Å². The molecule has 0 N–H and O–H groups in total. The van der Waals surface area contributed by atoms with Crippen LogP contribution >= 0.6 is 25.3 Å². The lowest BCUT2D eigenvalue weighted by Gasteiger charge is -2.31. The molecular formula is C8H20O3S2Si. The first-order chi connectivity index (χ1) is 6.66. The van der Waals surface area contributed by atoms with Crippen LogP contribution in [-0.2, 0) is 13.3 Å². The molecule has 0 saturated heterocycles. The van der Waals surface area contributed by atoms with Crippen LogP contribution in [0.1, 0.15) is 20.8 Å². The maximum absolute atomic E-state index is 5.63. The second-order valence-electron chi connectivity index (χ2n) is 2.60. The molecule has 0 rings (SSSR count). The average molecular weight is 256 g/mol. The lowest BCUT2D eigenvalue weighted by molar-refractivity contribution is 0.0712. The molecule has 0 aromatic carbocycles. The molecule has 0 aromatic rings. The van der Waals surface area contributed by atoms with Gasteiger partial charge in [0.05, 0.1) is 4.87 Å². The van der Waals surface area contributed by atoms with Crippen LogP contribution in [0.3, 0.4) is 0 Å². The van der Waals surface area contributed by atoms with Gasteiger partial charge in [0, 0.05) is 25.6 Å². The first-order valence-corrected chi connectivity index (χ1v) is 7.82. The smallest absolute Gasteiger partial charge is 0.373 e. The fourth-order valence-electron chi connectivity index (χ4n) is 1.13. The Labute approximate surface area is 98.7 Å². The standard InChI is InChI=1S/C8H20O3S2Si/c1-4-9-14(10-5-2,11-6-3)8(13)7-12/h8,12-13H,4-7H2,1-3H3. The van der Waals surface area contributed by atoms with E-state index in [-0.39, 0.29) is 4.87 Å². The Morgan fingerprint density at radius 1 is 1.00 bits per heavy atom. The average Bonchev–Trinajstić information content (AvgIpc) is 2.17. The molecule has 0 aromatic heterocycles. The first kappa shape index (κ1) is 14.8. The van der Waals surface area contributed by atoms with Crippen LogP contribution in [0.25, 0.3) is 0 Å². The van der Waals surface area contributed by atoms with Crippen molar-refractivity contribution in [1.82, 2.24) is 0 Å². The van der Waals surface area contributed by atoms with E-state index < -0.39 is 8.80 Å². The van der Waals surface area contributed by atoms with Crippen molar-refractivity contribution < 1.29 is 13.3 Å². The third kappa shape index (κ3) is 4.12. The molecule has 14 heavy (non-hydrogen) atoms. The maximum Gasteiger partial charge on any atom is 0.515 e. The Hall–Kier alpha value is 0.797. The van der Waals surface area contributed by atoms with E-state index in [1.807, 2.05) is 20.8 Å². The van der Waals surface area contributed by atoms with Crippen molar-refractivity contribution >= 4 is 34.1 Å². The molecule has 0 aliphatic heterocycles. The predicted octanol–water partition coefficient (Wildman–Crippen LogP) is 1.80. The minimum absolute atomic E-state index is 0.0642. The van der Waals surface area contributed by atoms with Crippen LogP contribution in [0.15, 0.2) is 0 Å². The molecule has 0 bridgehead atoms. The minimum Gasteiger partial charge on any atom is -0.373 e. The number of rotatable bonds is 8. The second-order valence-corrected chi connectivity index (χ2v) is 6.85. The predicted molar refractivity (Wildman–Crippen MR) is 67.3 cm³/mol. The van der Waals surface area contributed by atoms with Gasteiger partial charge < -0.3 is 13.3 Å². The Balaban J connectivity index is 4.53. The van der Waals surface area contributed by atoms with Gasteiger partial charge in [-0.3, -0.25) is 0 Å². The van der Waals surface area contributed by atoms with E-state index in [2.05, 4.69) is 25.3 Å². The van der Waals surface area contributed by atoms with Crippen molar-refractivity contribution in [2.45, 2.75) is 25.6 Å². The lowest BCUT2D eigenvalue weighted by Crippen LogP contribution is -2.55. The summed E-state index contributed by atoms with van der Waals surface area (Å²) >= 11 is 8.63. The van der Waals surface area contributed by atoms with E-state index in [0.29, 0.717) is 25.6 Å². The number of thiol groups is 2. The van der Waals surface area contributed by atoms with Crippen molar-refractivity contribution in [2.24, 2.45) is 0 Å². The largest absolute Gasteiger partial charge is 0.515 e. The zero-order chi connectivity index (χ0) is 11.0. The summed E-state index contributed by atoms with van der Waals surface area (Å²) < 4.78 is 16.9. The highest BCUT2D eigenvalue weighted by atomic mass is 32.1. The molecule has 0 spiro atoms. The van der Waals surface area contributed by atoms with Crippen molar-refractivity contribution in [2.75, 3.05) is 25.6 Å². The fourth-order valence-corrected chi connectivity index (χ4v) is 4.73. The van der Waals surface area contributed by atoms with Gasteiger partial charge in [-0.05, 0) is 20.8 Å². The van der Waals surface area contributed by atoms with Gasteiger partial charge in [0.15, 0.2) is 0 Å². The monoisotopic (exact) mass is 256 g/mol. The van der Waals surface area contributed by atoms with Crippen molar-refractivity contribution in [3.8, 4) is 0 Å². The van der Waals surface area contributed by atoms with Gasteiger partial charge in [0.1, 0.15) is 0 Å². The zero-order valence-corrected chi connectivity index (χ0v) is 11.8. The van der Waals surface area contributed by atoms with Gasteiger partial charge in [0.25, 0.3) is 0 Å². The summed E-state index contributed by atoms with van der Waals surface area (Å²) in [4.78, 5) is -0.0642. The lowest BCUT2D eigenvalue weighted by atomic mass is 10.9. The van der Waals surface area contributed by atoms with Crippen LogP contribution in [0.4, 0.5) is 0 Å². The van der Waals surface area contributed by atoms with Gasteiger partial charge in [-0.15, -0.1) is 0 Å². The second kappa shape index (κ2) is 8.01. The summed E-state index contributed by atoms with van der Waals surface area (Å²) in [7, 11) is -2.61. The first-order valence-electron chi connectivity index (χ1n) is 4.87. The van der Waals surface area contributed by atoms with E-state index >= 15 is 0 Å². The normalized spacial score (nSPS) is 14.4. The summed E-state index contributed by atoms with van der Waals surface area (Å²) in [6.45, 7) is 7.53. The molecule has 0 aliphatic rings. The Morgan fingerprint density at radius 3 is 1.57 bits per heavy atom. The summed E-state index contributed by atoms with van der Waals surface area (Å²) in [5, 5.41) is 0. The SMILES string of the molecule is CCO[Si](OCC)(OCC)C(S)CS. The molecule has 1 unspecified atom stereocenters. The van der Waals surface area contributed by atoms with Crippen LogP contribution in [-0.4, -0.2) is 39.3 Å². The van der Waals surface area contributed by atoms with E-state index in [4.69, 9.17) is 13.3 Å². The molecule has 1 atom stereocenters. The van der Waals surface area contributed by atoms with Gasteiger partial charge in [-0.1, -0.05) is 0 Å². The highest BCUT2D eigenvalue weighted by molar-refractivity contribution is 7.86. The summed E-state index contributed by atoms with van der Waals surface area (Å²) in [6.07, 6.45) is 0. The zero-order valence-electron chi connectivity index (χ0n) is 9.02. The molecule has 3 nitrogen and oxygen atoms in total. The highest BCUT2D eigenvalue weighted by Gasteiger charge is 2.46. The molecule has 0 amide bonds. The Morgan fingerprint density at radius 2 is 1.36 bits per heavy atom. The maximum atomic E-state index is 5.63. The van der Waals surface area contributed by atoms with E-state index in [1.165, 1.54) is 0 Å². The fraction of sp³-hybridized carbons (Fsp3) is 1.00. The summed E-state index contributed by atoms with van der Waals surface area (Å²) in [5.41, 5.74) is 0. The van der Waals surface area contributed by atoms with Crippen LogP contribution in [0.5, 0.6) is 0 Å². The molecule has 0 aliphatic carbocycles. The summed E-state index contributed by atoms with van der Waals surface area (Å²) in [6, 6.07) is 0. The van der Waals surface area contributed by atoms with Crippen molar-refractivity contribution in [3.05, 3.63) is 0 Å². The quantitative estimate of drug-likeness (QED) is 0.512. The summed E-state index contributed by atoms with van der Waals surface area (Å²) in [5.74, 6) is 0.593. The Bertz CT molecular complexity index is 132. The van der Waals surface area contributed by atoms with E-state index in [0.717, 1.165) is 0 Å². The molecular weight excluding hydrogens is 236 g/mol. The van der Waals surface area contributed by atoms with Crippen LogP contribution in [0.2, 0.25) is 0 Å². The molecule has 0 heterocycles. The van der Waals surface area contributed by atoms with Gasteiger partial charge in [-0.25, -0.2) is 0 Å². The third-order valence-corrected chi connectivity index (χ3v) is 6.84. The van der Waals surface area contributed by atoms with Crippen LogP contribution in [0, 0.1) is 0 Å². The molecule has 6 heteroatoms. The van der Waals surface area contributed by atoms with Gasteiger partial charge in [0.2, 0.25) is 0 Å². The molecule has 86 valence electrons. The van der Waals surface area contributed by atoms with E-state index in [9.17, 15) is 0 Å². The topological polar surface area (TPSA) is 27.7 Å². The molecule has 0 radical (unpaired) electrons.